The maximum Gasteiger partial charge on any atom is 0.327 e. The Morgan fingerprint density at radius 3 is 2.83 bits per heavy atom. The molecule has 0 bridgehead atoms. The summed E-state index contributed by atoms with van der Waals surface area (Å²) in [4.78, 5) is 24.9. The zero-order chi connectivity index (χ0) is 13.3. The van der Waals surface area contributed by atoms with E-state index in [1.54, 1.807) is 6.07 Å². The predicted molar refractivity (Wildman–Crippen MR) is 69.7 cm³/mol. The van der Waals surface area contributed by atoms with Crippen molar-refractivity contribution in [1.29, 1.82) is 0 Å². The van der Waals surface area contributed by atoms with Crippen LogP contribution in [0, 0.1) is 0 Å². The summed E-state index contributed by atoms with van der Waals surface area (Å²) in [7, 11) is 0. The number of aliphatic carboxylic acids is 1. The van der Waals surface area contributed by atoms with Crippen LogP contribution in [0.1, 0.15) is 30.4 Å². The van der Waals surface area contributed by atoms with Crippen LogP contribution >= 0.6 is 11.8 Å². The highest BCUT2D eigenvalue weighted by Crippen LogP contribution is 2.24. The number of carbonyl (C=O) groups is 2. The third-order valence-electron chi connectivity index (χ3n) is 2.98. The minimum atomic E-state index is -0.934. The van der Waals surface area contributed by atoms with Crippen molar-refractivity contribution in [1.82, 2.24) is 9.47 Å². The number of carbonyl (C=O) groups excluding carboxylic acids is 1. The van der Waals surface area contributed by atoms with Gasteiger partial charge in [0.15, 0.2) is 0 Å². The SMILES string of the molecule is CC(C)n1cccc1C(=O)N1CSCC1C(=O)O. The molecule has 1 aromatic rings. The second-order valence-electron chi connectivity index (χ2n) is 4.52. The quantitative estimate of drug-likeness (QED) is 0.905. The molecule has 1 N–H and O–H groups in total. The number of aromatic nitrogens is 1. The number of carboxylic acid groups (broad SMARTS) is 1. The van der Waals surface area contributed by atoms with E-state index in [4.69, 9.17) is 5.11 Å². The summed E-state index contributed by atoms with van der Waals surface area (Å²) in [6, 6.07) is 3.02. The molecule has 0 aromatic carbocycles. The first-order chi connectivity index (χ1) is 8.52. The summed E-state index contributed by atoms with van der Waals surface area (Å²) in [5.74, 6) is -0.232. The van der Waals surface area contributed by atoms with Gasteiger partial charge in [-0.05, 0) is 26.0 Å². The number of hydrogen-bond donors (Lipinski definition) is 1. The number of thioether (sulfide) groups is 1. The monoisotopic (exact) mass is 268 g/mol. The van der Waals surface area contributed by atoms with Crippen molar-refractivity contribution in [3.63, 3.8) is 0 Å². The molecule has 0 saturated carbocycles. The van der Waals surface area contributed by atoms with E-state index in [1.165, 1.54) is 16.7 Å². The van der Waals surface area contributed by atoms with Crippen LogP contribution < -0.4 is 0 Å². The Kier molecular flexibility index (Phi) is 3.65. The van der Waals surface area contributed by atoms with Crippen LogP contribution in [0.2, 0.25) is 0 Å². The molecule has 18 heavy (non-hydrogen) atoms. The summed E-state index contributed by atoms with van der Waals surface area (Å²) >= 11 is 1.47. The molecule has 98 valence electrons. The first kappa shape index (κ1) is 13.0. The Morgan fingerprint density at radius 2 is 2.22 bits per heavy atom. The van der Waals surface area contributed by atoms with Gasteiger partial charge in [-0.3, -0.25) is 4.79 Å². The Labute approximate surface area is 110 Å². The predicted octanol–water partition coefficient (Wildman–Crippen LogP) is 1.67. The summed E-state index contributed by atoms with van der Waals surface area (Å²) < 4.78 is 1.87. The Balaban J connectivity index is 2.25. The van der Waals surface area contributed by atoms with E-state index in [0.717, 1.165) is 0 Å². The van der Waals surface area contributed by atoms with Gasteiger partial charge in [0.2, 0.25) is 0 Å². The zero-order valence-corrected chi connectivity index (χ0v) is 11.2. The lowest BCUT2D eigenvalue weighted by Crippen LogP contribution is -2.42. The van der Waals surface area contributed by atoms with E-state index >= 15 is 0 Å². The zero-order valence-electron chi connectivity index (χ0n) is 10.4. The van der Waals surface area contributed by atoms with Gasteiger partial charge in [0, 0.05) is 18.0 Å². The van der Waals surface area contributed by atoms with E-state index in [-0.39, 0.29) is 11.9 Å². The maximum absolute atomic E-state index is 12.4. The van der Waals surface area contributed by atoms with Crippen molar-refractivity contribution in [2.45, 2.75) is 25.9 Å². The molecular formula is C12H16N2O3S. The topological polar surface area (TPSA) is 62.5 Å². The standard InChI is InChI=1S/C12H16N2O3S/c1-8(2)13-5-3-4-9(13)11(15)14-7-18-6-10(14)12(16)17/h3-5,8,10H,6-7H2,1-2H3,(H,16,17). The lowest BCUT2D eigenvalue weighted by molar-refractivity contribution is -0.140. The highest BCUT2D eigenvalue weighted by molar-refractivity contribution is 7.99. The smallest absolute Gasteiger partial charge is 0.327 e. The maximum atomic E-state index is 12.4. The van der Waals surface area contributed by atoms with Gasteiger partial charge < -0.3 is 14.6 Å². The summed E-state index contributed by atoms with van der Waals surface area (Å²) in [5, 5.41) is 9.09. The average molecular weight is 268 g/mol. The molecule has 1 fully saturated rings. The average Bonchev–Trinajstić information content (AvgIpc) is 2.97. The van der Waals surface area contributed by atoms with Gasteiger partial charge in [-0.2, -0.15) is 0 Å². The van der Waals surface area contributed by atoms with Crippen molar-refractivity contribution in [3.05, 3.63) is 24.0 Å². The van der Waals surface area contributed by atoms with E-state index in [9.17, 15) is 9.59 Å². The molecule has 1 aliphatic rings. The van der Waals surface area contributed by atoms with Crippen LogP contribution in [0.5, 0.6) is 0 Å². The van der Waals surface area contributed by atoms with Crippen molar-refractivity contribution in [3.8, 4) is 0 Å². The molecule has 1 saturated heterocycles. The molecule has 1 aliphatic heterocycles. The van der Waals surface area contributed by atoms with Crippen molar-refractivity contribution >= 4 is 23.6 Å². The van der Waals surface area contributed by atoms with Crippen LogP contribution in [-0.2, 0) is 4.79 Å². The highest BCUT2D eigenvalue weighted by Gasteiger charge is 2.35. The normalized spacial score (nSPS) is 19.5. The summed E-state index contributed by atoms with van der Waals surface area (Å²) in [5.41, 5.74) is 0.554. The van der Waals surface area contributed by atoms with E-state index in [0.29, 0.717) is 17.3 Å². The second-order valence-corrected chi connectivity index (χ2v) is 5.52. The fourth-order valence-electron chi connectivity index (χ4n) is 2.02. The van der Waals surface area contributed by atoms with Gasteiger partial charge in [0.25, 0.3) is 5.91 Å². The van der Waals surface area contributed by atoms with Crippen LogP contribution in [-0.4, -0.2) is 44.1 Å². The number of nitrogens with zero attached hydrogens (tertiary/aromatic N) is 2. The molecule has 0 aliphatic carbocycles. The summed E-state index contributed by atoms with van der Waals surface area (Å²) in [6.07, 6.45) is 1.84. The number of hydrogen-bond acceptors (Lipinski definition) is 3. The van der Waals surface area contributed by atoms with Gasteiger partial charge in [0.05, 0.1) is 5.88 Å². The third-order valence-corrected chi connectivity index (χ3v) is 3.99. The number of amides is 1. The lowest BCUT2D eigenvalue weighted by atomic mass is 10.2. The molecule has 2 rings (SSSR count). The van der Waals surface area contributed by atoms with Gasteiger partial charge in [-0.1, -0.05) is 0 Å². The molecule has 6 heteroatoms. The first-order valence-corrected chi connectivity index (χ1v) is 6.96. The Bertz CT molecular complexity index is 470. The van der Waals surface area contributed by atoms with Crippen LogP contribution in [0.3, 0.4) is 0 Å². The molecule has 0 radical (unpaired) electrons. The molecule has 5 nitrogen and oxygen atoms in total. The molecule has 1 atom stereocenters. The van der Waals surface area contributed by atoms with Crippen LogP contribution in [0.15, 0.2) is 18.3 Å². The summed E-state index contributed by atoms with van der Waals surface area (Å²) in [6.45, 7) is 3.98. The molecule has 1 unspecified atom stereocenters. The van der Waals surface area contributed by atoms with Gasteiger partial charge >= 0.3 is 5.97 Å². The second kappa shape index (κ2) is 5.06. The fraction of sp³-hybridized carbons (Fsp3) is 0.500. The van der Waals surface area contributed by atoms with E-state index in [2.05, 4.69) is 0 Å². The minimum Gasteiger partial charge on any atom is -0.480 e. The van der Waals surface area contributed by atoms with E-state index in [1.807, 2.05) is 30.7 Å². The molecule has 1 amide bonds. The van der Waals surface area contributed by atoms with Crippen molar-refractivity contribution in [2.24, 2.45) is 0 Å². The van der Waals surface area contributed by atoms with Gasteiger partial charge in [-0.15, -0.1) is 11.8 Å². The van der Waals surface area contributed by atoms with Crippen LogP contribution in [0.25, 0.3) is 0 Å². The van der Waals surface area contributed by atoms with Crippen molar-refractivity contribution in [2.75, 3.05) is 11.6 Å². The van der Waals surface area contributed by atoms with Crippen molar-refractivity contribution < 1.29 is 14.7 Å². The fourth-order valence-corrected chi connectivity index (χ4v) is 3.16. The van der Waals surface area contributed by atoms with Crippen LogP contribution in [0.4, 0.5) is 0 Å². The lowest BCUT2D eigenvalue weighted by Gasteiger charge is -2.22. The minimum absolute atomic E-state index is 0.178. The third kappa shape index (κ3) is 2.25. The Hall–Kier alpha value is -1.43. The number of rotatable bonds is 3. The van der Waals surface area contributed by atoms with Gasteiger partial charge in [0.1, 0.15) is 11.7 Å². The molecule has 2 heterocycles. The van der Waals surface area contributed by atoms with Gasteiger partial charge in [-0.25, -0.2) is 4.79 Å². The largest absolute Gasteiger partial charge is 0.480 e. The highest BCUT2D eigenvalue weighted by atomic mass is 32.2. The first-order valence-electron chi connectivity index (χ1n) is 5.80. The van der Waals surface area contributed by atoms with E-state index < -0.39 is 12.0 Å². The number of carboxylic acids is 1. The molecule has 0 spiro atoms. The molecule has 1 aromatic heterocycles. The Morgan fingerprint density at radius 1 is 1.50 bits per heavy atom. The molecular weight excluding hydrogens is 252 g/mol.